The lowest BCUT2D eigenvalue weighted by Gasteiger charge is -2.09. The van der Waals surface area contributed by atoms with Crippen LogP contribution in [0.25, 0.3) is 0 Å². The zero-order valence-electron chi connectivity index (χ0n) is 33.4. The number of carbonyl (C=O) groups is 5. The molecule has 0 aliphatic heterocycles. The van der Waals surface area contributed by atoms with Crippen molar-refractivity contribution in [3.8, 4) is 5.75 Å². The second kappa shape index (κ2) is 39.4. The van der Waals surface area contributed by atoms with E-state index in [2.05, 4.69) is 10.1 Å². The largest absolute Gasteiger partial charge is 0.480 e. The third-order valence-corrected chi connectivity index (χ3v) is 7.12. The summed E-state index contributed by atoms with van der Waals surface area (Å²) in [5, 5.41) is 45.8. The lowest BCUT2D eigenvalue weighted by Crippen LogP contribution is -2.40. The Bertz CT molecular complexity index is 1130. The van der Waals surface area contributed by atoms with E-state index in [0.29, 0.717) is 37.9 Å². The average Bonchev–Trinajstić information content (AvgIpc) is 3.12. The number of hydrogen-bond acceptors (Lipinski definition) is 16. The van der Waals surface area contributed by atoms with E-state index >= 15 is 0 Å². The molecule has 6 atom stereocenters. The Hall–Kier alpha value is -3.83. The molecular formula is C36H73N9O11. The Morgan fingerprint density at radius 2 is 1.09 bits per heavy atom. The first-order chi connectivity index (χ1) is 26.2. The molecule has 0 aliphatic rings. The number of hydrogen-bond donors (Lipinski definition) is 14. The molecule has 0 aromatic heterocycles. The Balaban J connectivity index is -0.000000310. The van der Waals surface area contributed by atoms with Gasteiger partial charge in [0.15, 0.2) is 0 Å². The number of ether oxygens (including phenoxy) is 1. The fourth-order valence-corrected chi connectivity index (χ4v) is 3.80. The van der Waals surface area contributed by atoms with E-state index in [-0.39, 0.29) is 30.8 Å². The van der Waals surface area contributed by atoms with Crippen LogP contribution >= 0.6 is 0 Å². The maximum absolute atomic E-state index is 10.6. The number of unbranched alkanes of at least 4 members (excludes halogenated alkanes) is 3. The molecule has 1 aromatic carbocycles. The van der Waals surface area contributed by atoms with Crippen molar-refractivity contribution >= 4 is 29.8 Å². The number of carbonyl (C=O) groups excluding carboxylic acids is 1. The molecule has 0 aliphatic carbocycles. The van der Waals surface area contributed by atoms with E-state index in [1.54, 1.807) is 12.1 Å². The predicted molar refractivity (Wildman–Crippen MR) is 216 cm³/mol. The number of carboxylic acid groups (broad SMARTS) is 4. The van der Waals surface area contributed by atoms with Crippen LogP contribution in [0.15, 0.2) is 24.3 Å². The topological polar surface area (TPSA) is 416 Å². The standard InChI is InChI=1S/C9H19N3O4.C9H8O4.C6H14N2O3.2C6H16N2/c10-6(8(13)14)3-1-2-4-12-5-7(11)9(15)16;1-6(10)13-8-5-3-2-4-7(8)9(11)12;7-3-4(9)1-2-5(8)6(10)11;2*1-6(8)4-2-3-5-7/h6-7,12H,1-5,10-11H2,(H,13,14)(H,15,16);2-5H,1H3,(H,11,12);4-5,9H,1-3,7-8H2,(H,10,11);2*6H,2-5,7-8H2,1H3. The molecular weight excluding hydrogens is 734 g/mol. The second-order valence-corrected chi connectivity index (χ2v) is 12.9. The summed E-state index contributed by atoms with van der Waals surface area (Å²) in [5.41, 5.74) is 42.3. The molecule has 328 valence electrons. The molecule has 6 unspecified atom stereocenters. The number of esters is 1. The van der Waals surface area contributed by atoms with Crippen LogP contribution in [0.3, 0.4) is 0 Å². The highest BCUT2D eigenvalue weighted by Gasteiger charge is 2.14. The quantitative estimate of drug-likeness (QED) is 0.0349. The van der Waals surface area contributed by atoms with E-state index in [4.69, 9.17) is 71.4 Å². The minimum Gasteiger partial charge on any atom is -0.480 e. The first-order valence-corrected chi connectivity index (χ1v) is 18.6. The molecule has 56 heavy (non-hydrogen) atoms. The third kappa shape index (κ3) is 42.9. The first-order valence-electron chi connectivity index (χ1n) is 18.6. The first kappa shape index (κ1) is 58.9. The molecule has 1 rings (SSSR count). The summed E-state index contributed by atoms with van der Waals surface area (Å²) < 4.78 is 4.69. The van der Waals surface area contributed by atoms with Crippen molar-refractivity contribution in [2.24, 2.45) is 45.9 Å². The van der Waals surface area contributed by atoms with Gasteiger partial charge in [-0.15, -0.1) is 0 Å². The number of aliphatic hydroxyl groups excluding tert-OH is 1. The lowest BCUT2D eigenvalue weighted by atomic mass is 10.1. The molecule has 22 N–H and O–H groups in total. The zero-order chi connectivity index (χ0) is 44.1. The van der Waals surface area contributed by atoms with Gasteiger partial charge in [-0.3, -0.25) is 19.2 Å². The molecule has 0 radical (unpaired) electrons. The van der Waals surface area contributed by atoms with Crippen LogP contribution in [0.4, 0.5) is 0 Å². The van der Waals surface area contributed by atoms with Crippen LogP contribution in [0, 0.1) is 0 Å². The number of aliphatic carboxylic acids is 3. The molecule has 0 saturated heterocycles. The summed E-state index contributed by atoms with van der Waals surface area (Å²) in [6, 6.07) is 4.06. The summed E-state index contributed by atoms with van der Waals surface area (Å²) in [6.07, 6.45) is 8.59. The van der Waals surface area contributed by atoms with Crippen LogP contribution in [-0.4, -0.2) is 124 Å². The minimum atomic E-state index is -1.11. The van der Waals surface area contributed by atoms with Gasteiger partial charge in [-0.1, -0.05) is 31.4 Å². The fraction of sp³-hybridized carbons (Fsp3) is 0.694. The highest BCUT2D eigenvalue weighted by molar-refractivity contribution is 5.91. The summed E-state index contributed by atoms with van der Waals surface area (Å²) in [7, 11) is 0. The van der Waals surface area contributed by atoms with Gasteiger partial charge in [0.25, 0.3) is 0 Å². The highest BCUT2D eigenvalue weighted by Crippen LogP contribution is 2.17. The summed E-state index contributed by atoms with van der Waals surface area (Å²) in [4.78, 5) is 52.0. The monoisotopic (exact) mass is 808 g/mol. The summed E-state index contributed by atoms with van der Waals surface area (Å²) in [6.45, 7) is 7.82. The van der Waals surface area contributed by atoms with Crippen LogP contribution in [0.2, 0.25) is 0 Å². The number of benzene rings is 1. The number of aliphatic hydroxyl groups is 1. The second-order valence-electron chi connectivity index (χ2n) is 12.9. The number of nitrogens with one attached hydrogen (secondary N) is 1. The van der Waals surface area contributed by atoms with Gasteiger partial charge in [0.1, 0.15) is 29.4 Å². The number of carboxylic acids is 4. The van der Waals surface area contributed by atoms with Crippen LogP contribution in [0.5, 0.6) is 5.75 Å². The SMILES string of the molecule is CC(=O)Oc1ccccc1C(=O)O.CC(N)CCCCN.CC(N)CCCCN.NC(CCCCNCC(N)C(=O)O)C(=O)O.NCC(O)CCC(N)C(=O)O. The van der Waals surface area contributed by atoms with Gasteiger partial charge < -0.3 is 81.5 Å². The summed E-state index contributed by atoms with van der Waals surface area (Å²) in [5.74, 6) is -4.66. The van der Waals surface area contributed by atoms with E-state index < -0.39 is 54.1 Å². The molecule has 0 heterocycles. The molecule has 0 bridgehead atoms. The van der Waals surface area contributed by atoms with Crippen molar-refractivity contribution < 1.29 is 54.2 Å². The van der Waals surface area contributed by atoms with Crippen molar-refractivity contribution in [2.45, 2.75) is 128 Å². The average molecular weight is 808 g/mol. The maximum atomic E-state index is 10.6. The molecule has 20 heteroatoms. The molecule has 1 aromatic rings. The Morgan fingerprint density at radius 3 is 1.48 bits per heavy atom. The van der Waals surface area contributed by atoms with Crippen molar-refractivity contribution in [3.63, 3.8) is 0 Å². The van der Waals surface area contributed by atoms with Gasteiger partial charge >= 0.3 is 29.8 Å². The molecule has 0 fully saturated rings. The van der Waals surface area contributed by atoms with Crippen molar-refractivity contribution in [2.75, 3.05) is 32.7 Å². The maximum Gasteiger partial charge on any atom is 0.339 e. The van der Waals surface area contributed by atoms with Gasteiger partial charge in [-0.25, -0.2) is 4.79 Å². The van der Waals surface area contributed by atoms with Gasteiger partial charge in [-0.2, -0.15) is 0 Å². The zero-order valence-corrected chi connectivity index (χ0v) is 33.4. The van der Waals surface area contributed by atoms with E-state index in [9.17, 15) is 24.0 Å². The van der Waals surface area contributed by atoms with Crippen molar-refractivity contribution in [1.29, 1.82) is 0 Å². The predicted octanol–water partition coefficient (Wildman–Crippen LogP) is -0.697. The molecule has 0 amide bonds. The molecule has 0 saturated carbocycles. The lowest BCUT2D eigenvalue weighted by molar-refractivity contribution is -0.139. The fourth-order valence-electron chi connectivity index (χ4n) is 3.80. The number of para-hydroxylation sites is 1. The number of rotatable bonds is 24. The van der Waals surface area contributed by atoms with Gasteiger partial charge in [0.05, 0.1) is 6.10 Å². The number of nitrogens with two attached hydrogens (primary N) is 8. The van der Waals surface area contributed by atoms with Crippen molar-refractivity contribution in [1.82, 2.24) is 5.32 Å². The van der Waals surface area contributed by atoms with E-state index in [0.717, 1.165) is 45.2 Å². The third-order valence-electron chi connectivity index (χ3n) is 7.12. The van der Waals surface area contributed by atoms with Crippen LogP contribution in [0.1, 0.15) is 102 Å². The van der Waals surface area contributed by atoms with E-state index in [1.807, 2.05) is 13.8 Å². The summed E-state index contributed by atoms with van der Waals surface area (Å²) >= 11 is 0. The van der Waals surface area contributed by atoms with E-state index in [1.165, 1.54) is 31.9 Å². The number of aromatic carboxylic acids is 1. The molecule has 20 nitrogen and oxygen atoms in total. The van der Waals surface area contributed by atoms with Gasteiger partial charge in [0, 0.05) is 32.1 Å². The Morgan fingerprint density at radius 1 is 0.643 bits per heavy atom. The normalized spacial score (nSPS) is 13.4. The van der Waals surface area contributed by atoms with Crippen LogP contribution < -0.4 is 55.9 Å². The smallest absolute Gasteiger partial charge is 0.339 e. The highest BCUT2D eigenvalue weighted by atomic mass is 16.5. The minimum absolute atomic E-state index is 0.0160. The van der Waals surface area contributed by atoms with Gasteiger partial charge in [0.2, 0.25) is 0 Å². The Kier molecular flexibility index (Phi) is 41.4. The Labute approximate surface area is 331 Å². The van der Waals surface area contributed by atoms with Crippen LogP contribution in [-0.2, 0) is 19.2 Å². The molecule has 0 spiro atoms. The van der Waals surface area contributed by atoms with Crippen molar-refractivity contribution in [3.05, 3.63) is 29.8 Å². The van der Waals surface area contributed by atoms with Gasteiger partial charge in [-0.05, 0) is 97.0 Å².